The standard InChI is InChI=1S/C11H18O2/c12-6-11-5-4-9(13)10(11)7-2-1-3-8(7)11/h7-10,12-13H,1-6H2/t7-,8+,9-,10-,11+/m0/s1. The first-order valence-corrected chi connectivity index (χ1v) is 5.58. The second-order valence-corrected chi connectivity index (χ2v) is 5.22. The largest absolute Gasteiger partial charge is 0.396 e. The molecule has 0 radical (unpaired) electrons. The summed E-state index contributed by atoms with van der Waals surface area (Å²) in [5, 5.41) is 19.4. The van der Waals surface area contributed by atoms with E-state index in [1.54, 1.807) is 0 Å². The van der Waals surface area contributed by atoms with Gasteiger partial charge in [-0.25, -0.2) is 0 Å². The number of hydrogen-bond acceptors (Lipinski definition) is 2. The monoisotopic (exact) mass is 182 g/mol. The van der Waals surface area contributed by atoms with Crippen molar-refractivity contribution >= 4 is 0 Å². The van der Waals surface area contributed by atoms with E-state index in [0.29, 0.717) is 12.5 Å². The van der Waals surface area contributed by atoms with Crippen LogP contribution in [0.3, 0.4) is 0 Å². The summed E-state index contributed by atoms with van der Waals surface area (Å²) in [7, 11) is 0. The molecule has 0 bridgehead atoms. The van der Waals surface area contributed by atoms with Crippen molar-refractivity contribution < 1.29 is 10.2 Å². The molecular formula is C11H18O2. The summed E-state index contributed by atoms with van der Waals surface area (Å²) < 4.78 is 0. The van der Waals surface area contributed by atoms with Crippen molar-refractivity contribution in [2.45, 2.75) is 38.2 Å². The van der Waals surface area contributed by atoms with E-state index in [1.807, 2.05) is 0 Å². The molecule has 0 heterocycles. The molecule has 2 N–H and O–H groups in total. The number of aliphatic hydroxyl groups is 2. The molecule has 0 unspecified atom stereocenters. The summed E-state index contributed by atoms with van der Waals surface area (Å²) in [5.74, 6) is 1.95. The molecule has 3 aliphatic rings. The fraction of sp³-hybridized carbons (Fsp3) is 1.00. The van der Waals surface area contributed by atoms with Crippen LogP contribution in [0.1, 0.15) is 32.1 Å². The van der Waals surface area contributed by atoms with Gasteiger partial charge in [0.25, 0.3) is 0 Å². The van der Waals surface area contributed by atoms with Gasteiger partial charge in [0.1, 0.15) is 0 Å². The molecule has 0 spiro atoms. The van der Waals surface area contributed by atoms with Crippen LogP contribution >= 0.6 is 0 Å². The highest BCUT2D eigenvalue weighted by molar-refractivity contribution is 5.15. The first-order valence-electron chi connectivity index (χ1n) is 5.58. The van der Waals surface area contributed by atoms with Crippen LogP contribution in [0.15, 0.2) is 0 Å². The van der Waals surface area contributed by atoms with Crippen molar-refractivity contribution in [3.8, 4) is 0 Å². The van der Waals surface area contributed by atoms with Gasteiger partial charge >= 0.3 is 0 Å². The van der Waals surface area contributed by atoms with Crippen LogP contribution in [-0.2, 0) is 0 Å². The highest BCUT2D eigenvalue weighted by Crippen LogP contribution is 2.69. The van der Waals surface area contributed by atoms with E-state index in [9.17, 15) is 10.2 Å². The predicted octanol–water partition coefficient (Wildman–Crippen LogP) is 1.17. The normalized spacial score (nSPS) is 58.6. The minimum Gasteiger partial charge on any atom is -0.396 e. The van der Waals surface area contributed by atoms with Gasteiger partial charge in [0, 0.05) is 12.0 Å². The van der Waals surface area contributed by atoms with Gasteiger partial charge in [-0.1, -0.05) is 6.42 Å². The van der Waals surface area contributed by atoms with Gasteiger partial charge in [-0.05, 0) is 43.4 Å². The second kappa shape index (κ2) is 2.48. The highest BCUT2D eigenvalue weighted by Gasteiger charge is 2.66. The van der Waals surface area contributed by atoms with Crippen LogP contribution in [0.5, 0.6) is 0 Å². The van der Waals surface area contributed by atoms with E-state index in [0.717, 1.165) is 24.7 Å². The lowest BCUT2D eigenvalue weighted by Gasteiger charge is -2.56. The smallest absolute Gasteiger partial charge is 0.0577 e. The molecule has 0 aromatic rings. The molecule has 0 aromatic carbocycles. The Morgan fingerprint density at radius 2 is 2.08 bits per heavy atom. The molecule has 74 valence electrons. The Balaban J connectivity index is 1.92. The van der Waals surface area contributed by atoms with Gasteiger partial charge in [-0.3, -0.25) is 0 Å². The number of aliphatic hydroxyl groups excluding tert-OH is 2. The maximum atomic E-state index is 9.85. The summed E-state index contributed by atoms with van der Waals surface area (Å²) in [5.41, 5.74) is 0.153. The topological polar surface area (TPSA) is 40.5 Å². The van der Waals surface area contributed by atoms with Crippen LogP contribution in [-0.4, -0.2) is 22.9 Å². The predicted molar refractivity (Wildman–Crippen MR) is 49.1 cm³/mol. The molecule has 0 amide bonds. The molecule has 3 fully saturated rings. The Kier molecular flexibility index (Phi) is 1.58. The molecule has 0 aliphatic heterocycles. The van der Waals surface area contributed by atoms with E-state index >= 15 is 0 Å². The van der Waals surface area contributed by atoms with E-state index < -0.39 is 0 Å². The molecule has 3 saturated carbocycles. The number of hydrogen-bond donors (Lipinski definition) is 2. The van der Waals surface area contributed by atoms with Crippen LogP contribution in [0.4, 0.5) is 0 Å². The second-order valence-electron chi connectivity index (χ2n) is 5.22. The first-order chi connectivity index (χ1) is 6.29. The van der Waals surface area contributed by atoms with E-state index in [4.69, 9.17) is 0 Å². The van der Waals surface area contributed by atoms with Gasteiger partial charge in [-0.2, -0.15) is 0 Å². The first kappa shape index (κ1) is 8.25. The molecule has 2 heteroatoms. The molecule has 5 atom stereocenters. The summed E-state index contributed by atoms with van der Waals surface area (Å²) in [6.45, 7) is 0.315. The van der Waals surface area contributed by atoms with Crippen molar-refractivity contribution in [2.75, 3.05) is 6.61 Å². The van der Waals surface area contributed by atoms with Crippen molar-refractivity contribution in [2.24, 2.45) is 23.2 Å². The highest BCUT2D eigenvalue weighted by atomic mass is 16.3. The maximum absolute atomic E-state index is 9.85. The molecule has 2 nitrogen and oxygen atoms in total. The lowest BCUT2D eigenvalue weighted by molar-refractivity contribution is -0.143. The molecule has 0 saturated heterocycles. The van der Waals surface area contributed by atoms with Crippen molar-refractivity contribution in [3.63, 3.8) is 0 Å². The van der Waals surface area contributed by atoms with Gasteiger partial charge in [0.05, 0.1) is 6.10 Å². The Morgan fingerprint density at radius 3 is 2.85 bits per heavy atom. The third-order valence-corrected chi connectivity index (χ3v) is 5.05. The minimum absolute atomic E-state index is 0.105. The van der Waals surface area contributed by atoms with Gasteiger partial charge in [0.2, 0.25) is 0 Å². The average molecular weight is 182 g/mol. The Labute approximate surface area is 79.0 Å². The lowest BCUT2D eigenvalue weighted by atomic mass is 9.49. The van der Waals surface area contributed by atoms with Gasteiger partial charge in [0.15, 0.2) is 0 Å². The van der Waals surface area contributed by atoms with Crippen molar-refractivity contribution in [3.05, 3.63) is 0 Å². The third-order valence-electron chi connectivity index (χ3n) is 5.05. The van der Waals surface area contributed by atoms with Gasteiger partial charge < -0.3 is 10.2 Å². The summed E-state index contributed by atoms with van der Waals surface area (Å²) in [6, 6.07) is 0. The third kappa shape index (κ3) is 0.774. The van der Waals surface area contributed by atoms with E-state index in [1.165, 1.54) is 19.3 Å². The Bertz CT molecular complexity index is 228. The van der Waals surface area contributed by atoms with E-state index in [2.05, 4.69) is 0 Å². The molecule has 13 heavy (non-hydrogen) atoms. The SMILES string of the molecule is OC[C@@]12CC[C@H](O)[C@@H]1[C@H]1CCC[C@H]12. The molecule has 3 aliphatic carbocycles. The molecule has 0 aromatic heterocycles. The molecule has 3 rings (SSSR count). The van der Waals surface area contributed by atoms with Crippen LogP contribution in [0, 0.1) is 23.2 Å². The van der Waals surface area contributed by atoms with E-state index in [-0.39, 0.29) is 11.5 Å². The Hall–Kier alpha value is -0.0800. The maximum Gasteiger partial charge on any atom is 0.0577 e. The molecular weight excluding hydrogens is 164 g/mol. The zero-order valence-corrected chi connectivity index (χ0v) is 7.95. The Morgan fingerprint density at radius 1 is 1.23 bits per heavy atom. The minimum atomic E-state index is -0.105. The summed E-state index contributed by atoms with van der Waals surface area (Å²) >= 11 is 0. The lowest BCUT2D eigenvalue weighted by Crippen LogP contribution is -2.56. The number of rotatable bonds is 1. The zero-order valence-electron chi connectivity index (χ0n) is 7.95. The van der Waals surface area contributed by atoms with Crippen molar-refractivity contribution in [1.29, 1.82) is 0 Å². The average Bonchev–Trinajstić information content (AvgIpc) is 2.61. The van der Waals surface area contributed by atoms with Crippen LogP contribution in [0.25, 0.3) is 0 Å². The quantitative estimate of drug-likeness (QED) is 0.639. The fourth-order valence-corrected chi connectivity index (χ4v) is 4.61. The summed E-state index contributed by atoms with van der Waals surface area (Å²) in [4.78, 5) is 0. The van der Waals surface area contributed by atoms with Gasteiger partial charge in [-0.15, -0.1) is 0 Å². The van der Waals surface area contributed by atoms with Crippen LogP contribution in [0.2, 0.25) is 0 Å². The zero-order chi connectivity index (χ0) is 9.05. The van der Waals surface area contributed by atoms with Crippen molar-refractivity contribution in [1.82, 2.24) is 0 Å². The van der Waals surface area contributed by atoms with Crippen LogP contribution < -0.4 is 0 Å². The summed E-state index contributed by atoms with van der Waals surface area (Å²) in [6.07, 6.45) is 5.81. The number of fused-ring (bicyclic) bond motifs is 4. The fourth-order valence-electron chi connectivity index (χ4n) is 4.61.